The van der Waals surface area contributed by atoms with Crippen LogP contribution < -0.4 is 21.2 Å². The number of thiophene rings is 1. The van der Waals surface area contributed by atoms with E-state index in [4.69, 9.17) is 10.5 Å². The van der Waals surface area contributed by atoms with Crippen molar-refractivity contribution in [2.24, 2.45) is 5.10 Å². The number of hydrazone groups is 1. The Balaban J connectivity index is 1.62. The summed E-state index contributed by atoms with van der Waals surface area (Å²) in [5.41, 5.74) is 12.0. The molecule has 0 atom stereocenters. The van der Waals surface area contributed by atoms with Gasteiger partial charge in [-0.3, -0.25) is 15.0 Å². The van der Waals surface area contributed by atoms with Crippen molar-refractivity contribution in [3.05, 3.63) is 70.6 Å². The summed E-state index contributed by atoms with van der Waals surface area (Å²) < 4.78 is 5.14. The van der Waals surface area contributed by atoms with Crippen LogP contribution in [0.2, 0.25) is 0 Å². The molecule has 1 heterocycles. The molecule has 30 heavy (non-hydrogen) atoms. The van der Waals surface area contributed by atoms with Crippen LogP contribution in [0.15, 0.2) is 59.7 Å². The maximum absolute atomic E-state index is 12.9. The van der Waals surface area contributed by atoms with Crippen molar-refractivity contribution in [3.8, 4) is 5.75 Å². The molecular weight excluding hydrogens is 400 g/mol. The largest absolute Gasteiger partial charge is 0.497 e. The number of nitrogens with one attached hydrogen (secondary N) is 2. The summed E-state index contributed by atoms with van der Waals surface area (Å²) >= 11 is 1.21. The summed E-state index contributed by atoms with van der Waals surface area (Å²) in [6.45, 7) is 0. The van der Waals surface area contributed by atoms with E-state index in [1.54, 1.807) is 31.4 Å². The number of ether oxygens (including phenoxy) is 1. The quantitative estimate of drug-likeness (QED) is 0.543. The van der Waals surface area contributed by atoms with Crippen molar-refractivity contribution < 1.29 is 14.3 Å². The molecule has 0 aliphatic heterocycles. The van der Waals surface area contributed by atoms with Crippen LogP contribution >= 0.6 is 11.3 Å². The molecule has 152 valence electrons. The number of amides is 1. The molecule has 0 radical (unpaired) electrons. The third-order valence-corrected chi connectivity index (χ3v) is 5.83. The number of nitrogens with zero attached hydrogens (tertiary/aromatic N) is 1. The van der Waals surface area contributed by atoms with Crippen molar-refractivity contribution in [1.29, 1.82) is 0 Å². The summed E-state index contributed by atoms with van der Waals surface area (Å²) in [6.07, 6.45) is 0.735. The highest BCUT2D eigenvalue weighted by Gasteiger charge is 2.32. The number of nitrogens with two attached hydrogens (primary N) is 1. The second-order valence-corrected chi connectivity index (χ2v) is 7.75. The Kier molecular flexibility index (Phi) is 5.49. The molecule has 0 saturated heterocycles. The fourth-order valence-corrected chi connectivity index (χ4v) is 4.38. The van der Waals surface area contributed by atoms with Gasteiger partial charge < -0.3 is 15.8 Å². The van der Waals surface area contributed by atoms with Crippen molar-refractivity contribution in [2.75, 3.05) is 23.6 Å². The third-order valence-electron chi connectivity index (χ3n) is 4.76. The number of anilines is 3. The summed E-state index contributed by atoms with van der Waals surface area (Å²) in [7, 11) is 1.59. The zero-order valence-electron chi connectivity index (χ0n) is 16.3. The van der Waals surface area contributed by atoms with Gasteiger partial charge in [-0.05, 0) is 48.4 Å². The van der Waals surface area contributed by atoms with E-state index in [1.165, 1.54) is 11.3 Å². The monoisotopic (exact) mass is 420 g/mol. The van der Waals surface area contributed by atoms with E-state index in [9.17, 15) is 9.59 Å². The molecule has 8 heteroatoms. The first-order valence-corrected chi connectivity index (χ1v) is 10.2. The zero-order valence-corrected chi connectivity index (χ0v) is 17.1. The molecule has 1 aromatic heterocycles. The lowest BCUT2D eigenvalue weighted by Gasteiger charge is -2.15. The number of benzene rings is 2. The lowest BCUT2D eigenvalue weighted by molar-refractivity contribution is -0.113. The Bertz CT molecular complexity index is 1120. The van der Waals surface area contributed by atoms with Crippen LogP contribution in [0.3, 0.4) is 0 Å². The Labute approximate surface area is 177 Å². The second kappa shape index (κ2) is 8.38. The maximum atomic E-state index is 12.9. The predicted octanol–water partition coefficient (Wildman–Crippen LogP) is 3.92. The first-order valence-electron chi connectivity index (χ1n) is 9.35. The van der Waals surface area contributed by atoms with Gasteiger partial charge in [-0.1, -0.05) is 18.2 Å². The Morgan fingerprint density at radius 1 is 1.07 bits per heavy atom. The van der Waals surface area contributed by atoms with Gasteiger partial charge in [-0.15, -0.1) is 11.3 Å². The van der Waals surface area contributed by atoms with Crippen molar-refractivity contribution in [1.82, 2.24) is 0 Å². The molecule has 0 saturated carbocycles. The van der Waals surface area contributed by atoms with Gasteiger partial charge in [0.1, 0.15) is 11.5 Å². The van der Waals surface area contributed by atoms with Gasteiger partial charge in [0.25, 0.3) is 5.91 Å². The van der Waals surface area contributed by atoms with Crippen molar-refractivity contribution in [3.63, 3.8) is 0 Å². The normalized spacial score (nSPS) is 14.3. The highest BCUT2D eigenvalue weighted by Crippen LogP contribution is 2.36. The van der Waals surface area contributed by atoms with Crippen molar-refractivity contribution >= 4 is 45.1 Å². The van der Waals surface area contributed by atoms with Crippen LogP contribution in [0.25, 0.3) is 0 Å². The number of carbonyl (C=O) groups excluding carboxylic acids is 2. The number of para-hydroxylation sites is 1. The molecule has 0 fully saturated rings. The van der Waals surface area contributed by atoms with Gasteiger partial charge in [0.05, 0.1) is 28.2 Å². The van der Waals surface area contributed by atoms with E-state index in [0.29, 0.717) is 33.3 Å². The molecule has 4 N–H and O–H groups in total. The SMILES string of the molecule is COc1ccc(NN=C2C(=O)CCc3c2sc(N)c3C(=O)Nc2ccccc2)cc1. The molecule has 2 aromatic carbocycles. The summed E-state index contributed by atoms with van der Waals surface area (Å²) in [6, 6.07) is 16.4. The molecule has 0 spiro atoms. The molecule has 1 amide bonds. The molecular formula is C22H20N4O3S. The first-order chi connectivity index (χ1) is 14.6. The molecule has 3 aromatic rings. The summed E-state index contributed by atoms with van der Waals surface area (Å²) in [5.74, 6) is 0.358. The minimum atomic E-state index is -0.284. The second-order valence-electron chi connectivity index (χ2n) is 6.69. The number of hydrogen-bond acceptors (Lipinski definition) is 7. The van der Waals surface area contributed by atoms with Crippen LogP contribution in [0, 0.1) is 0 Å². The van der Waals surface area contributed by atoms with E-state index in [1.807, 2.05) is 30.3 Å². The number of carbonyl (C=O) groups is 2. The molecule has 4 rings (SSSR count). The number of hydrogen-bond donors (Lipinski definition) is 3. The van der Waals surface area contributed by atoms with E-state index in [-0.39, 0.29) is 18.1 Å². The third kappa shape index (κ3) is 3.90. The average molecular weight is 420 g/mol. The van der Waals surface area contributed by atoms with Crippen LogP contribution in [0.5, 0.6) is 5.75 Å². The number of rotatable bonds is 5. The Morgan fingerprint density at radius 3 is 2.50 bits per heavy atom. The van der Waals surface area contributed by atoms with Gasteiger partial charge in [0.15, 0.2) is 5.78 Å². The van der Waals surface area contributed by atoms with E-state index in [2.05, 4.69) is 15.8 Å². The molecule has 0 bridgehead atoms. The smallest absolute Gasteiger partial charge is 0.258 e. The average Bonchev–Trinajstić information content (AvgIpc) is 3.10. The van der Waals surface area contributed by atoms with E-state index < -0.39 is 0 Å². The number of methoxy groups -OCH3 is 1. The maximum Gasteiger partial charge on any atom is 0.258 e. The topological polar surface area (TPSA) is 106 Å². The fraction of sp³-hybridized carbons (Fsp3) is 0.136. The van der Waals surface area contributed by atoms with Gasteiger partial charge >= 0.3 is 0 Å². The van der Waals surface area contributed by atoms with Crippen LogP contribution in [0.4, 0.5) is 16.4 Å². The Hall–Kier alpha value is -3.65. The van der Waals surface area contributed by atoms with Crippen LogP contribution in [-0.2, 0) is 11.2 Å². The molecule has 1 aliphatic rings. The Morgan fingerprint density at radius 2 is 1.80 bits per heavy atom. The lowest BCUT2D eigenvalue weighted by atomic mass is 9.93. The number of ketones is 1. The molecule has 1 aliphatic carbocycles. The van der Waals surface area contributed by atoms with Gasteiger partial charge in [-0.2, -0.15) is 5.10 Å². The van der Waals surface area contributed by atoms with Crippen molar-refractivity contribution in [2.45, 2.75) is 12.8 Å². The predicted molar refractivity (Wildman–Crippen MR) is 120 cm³/mol. The highest BCUT2D eigenvalue weighted by atomic mass is 32.1. The number of fused-ring (bicyclic) bond motifs is 1. The lowest BCUT2D eigenvalue weighted by Crippen LogP contribution is -2.24. The van der Waals surface area contributed by atoms with Crippen LogP contribution in [0.1, 0.15) is 27.2 Å². The first kappa shape index (κ1) is 19.7. The fourth-order valence-electron chi connectivity index (χ4n) is 3.26. The highest BCUT2D eigenvalue weighted by molar-refractivity contribution is 7.19. The van der Waals surface area contributed by atoms with E-state index in [0.717, 1.165) is 17.0 Å². The minimum absolute atomic E-state index is 0.0835. The summed E-state index contributed by atoms with van der Waals surface area (Å²) in [4.78, 5) is 26.0. The molecule has 7 nitrogen and oxygen atoms in total. The van der Waals surface area contributed by atoms with Gasteiger partial charge in [0.2, 0.25) is 0 Å². The van der Waals surface area contributed by atoms with Gasteiger partial charge in [0, 0.05) is 12.1 Å². The zero-order chi connectivity index (χ0) is 21.1. The van der Waals surface area contributed by atoms with Gasteiger partial charge in [-0.25, -0.2) is 0 Å². The standard InChI is InChI=1S/C22H20N4O3S/c1-29-15-9-7-14(8-10-15)25-26-19-17(27)12-11-16-18(21(23)30-20(16)19)22(28)24-13-5-3-2-4-6-13/h2-10,25H,11-12,23H2,1H3,(H,24,28). The molecule has 0 unspecified atom stereocenters. The minimum Gasteiger partial charge on any atom is -0.497 e. The summed E-state index contributed by atoms with van der Waals surface area (Å²) in [5, 5.41) is 7.57. The number of Topliss-reactive ketones (excluding diaryl/α,β-unsaturated/α-hetero) is 1. The number of nitrogen functional groups attached to an aromatic ring is 1. The van der Waals surface area contributed by atoms with E-state index >= 15 is 0 Å². The van der Waals surface area contributed by atoms with Crippen LogP contribution in [-0.4, -0.2) is 24.5 Å².